The van der Waals surface area contributed by atoms with Gasteiger partial charge in [-0.05, 0) is 43.5 Å². The van der Waals surface area contributed by atoms with Gasteiger partial charge in [0.1, 0.15) is 6.33 Å². The number of rotatable bonds is 4. The number of nitrogens with one attached hydrogen (secondary N) is 1. The number of anilines is 2. The van der Waals surface area contributed by atoms with Crippen molar-refractivity contribution in [3.8, 4) is 5.69 Å². The van der Waals surface area contributed by atoms with Crippen molar-refractivity contribution in [3.05, 3.63) is 60.2 Å². The van der Waals surface area contributed by atoms with Crippen molar-refractivity contribution in [2.75, 3.05) is 11.9 Å². The van der Waals surface area contributed by atoms with Crippen LogP contribution in [0.5, 0.6) is 0 Å². The number of nitrogens with zero attached hydrogens (tertiary/aromatic N) is 5. The van der Waals surface area contributed by atoms with Crippen LogP contribution in [0.4, 0.5) is 11.6 Å². The molecule has 1 aliphatic rings. The number of aromatic nitrogens is 4. The minimum absolute atomic E-state index is 0.0889. The second-order valence-corrected chi connectivity index (χ2v) is 6.75. The number of aryl methyl sites for hydroxylation is 1. The fourth-order valence-corrected chi connectivity index (χ4v) is 3.49. The first-order valence-corrected chi connectivity index (χ1v) is 9.09. The summed E-state index contributed by atoms with van der Waals surface area (Å²) in [7, 11) is 0. The fraction of sp³-hybridized carbons (Fsp3) is 0.300. The van der Waals surface area contributed by atoms with Gasteiger partial charge in [0.05, 0.1) is 23.1 Å². The molecule has 7 heteroatoms. The molecular weight excluding hydrogens is 340 g/mol. The summed E-state index contributed by atoms with van der Waals surface area (Å²) in [6.07, 6.45) is 5.52. The zero-order valence-corrected chi connectivity index (χ0v) is 15.5. The molecule has 3 aromatic rings. The monoisotopic (exact) mass is 362 g/mol. The van der Waals surface area contributed by atoms with E-state index in [4.69, 9.17) is 0 Å². The molecule has 1 saturated heterocycles. The van der Waals surface area contributed by atoms with Crippen LogP contribution in [0.15, 0.2) is 48.9 Å². The van der Waals surface area contributed by atoms with E-state index in [0.29, 0.717) is 5.95 Å². The number of pyridine rings is 1. The highest BCUT2D eigenvalue weighted by Gasteiger charge is 2.28. The Bertz CT molecular complexity index is 952. The summed E-state index contributed by atoms with van der Waals surface area (Å²) in [6, 6.07) is 12.0. The van der Waals surface area contributed by atoms with Crippen LogP contribution in [0, 0.1) is 6.92 Å². The van der Waals surface area contributed by atoms with E-state index in [2.05, 4.69) is 26.4 Å². The number of amides is 1. The van der Waals surface area contributed by atoms with E-state index in [0.717, 1.165) is 42.0 Å². The number of benzene rings is 1. The van der Waals surface area contributed by atoms with Crippen molar-refractivity contribution >= 4 is 17.5 Å². The third-order valence-electron chi connectivity index (χ3n) is 4.91. The summed E-state index contributed by atoms with van der Waals surface area (Å²) in [5.41, 5.74) is 3.71. The summed E-state index contributed by atoms with van der Waals surface area (Å²) >= 11 is 0. The zero-order chi connectivity index (χ0) is 18.8. The molecule has 1 aromatic carbocycles. The molecule has 1 atom stereocenters. The van der Waals surface area contributed by atoms with E-state index in [9.17, 15) is 4.79 Å². The predicted octanol–water partition coefficient (Wildman–Crippen LogP) is 3.40. The first-order valence-electron chi connectivity index (χ1n) is 9.09. The highest BCUT2D eigenvalue weighted by atomic mass is 16.2. The summed E-state index contributed by atoms with van der Waals surface area (Å²) in [6.45, 7) is 4.37. The smallest absolute Gasteiger partial charge is 0.247 e. The fourth-order valence-electron chi connectivity index (χ4n) is 3.49. The molecule has 1 amide bonds. The van der Waals surface area contributed by atoms with E-state index in [1.807, 2.05) is 48.4 Å². The lowest BCUT2D eigenvalue weighted by molar-refractivity contribution is -0.129. The second-order valence-electron chi connectivity index (χ2n) is 6.75. The van der Waals surface area contributed by atoms with Crippen LogP contribution in [0.1, 0.15) is 37.1 Å². The largest absolute Gasteiger partial charge is 0.336 e. The standard InChI is InChI=1S/C20H22N6O/c1-14-18(11-16(12-21-14)19-9-6-10-25(19)15(2)27)23-20-22-13-26(24-20)17-7-4-3-5-8-17/h3-5,7-8,11-13,19H,6,9-10H2,1-2H3,(H,23,24). The minimum atomic E-state index is 0.0889. The maximum atomic E-state index is 11.9. The topological polar surface area (TPSA) is 75.9 Å². The van der Waals surface area contributed by atoms with Crippen molar-refractivity contribution in [2.24, 2.45) is 0 Å². The Morgan fingerprint density at radius 3 is 2.81 bits per heavy atom. The van der Waals surface area contributed by atoms with E-state index in [1.54, 1.807) is 17.9 Å². The van der Waals surface area contributed by atoms with E-state index in [-0.39, 0.29) is 11.9 Å². The molecule has 0 saturated carbocycles. The van der Waals surface area contributed by atoms with E-state index < -0.39 is 0 Å². The Kier molecular flexibility index (Phi) is 4.58. The average molecular weight is 362 g/mol. The summed E-state index contributed by atoms with van der Waals surface area (Å²) in [4.78, 5) is 22.7. The zero-order valence-electron chi connectivity index (χ0n) is 15.5. The molecular formula is C20H22N6O. The predicted molar refractivity (Wildman–Crippen MR) is 103 cm³/mol. The van der Waals surface area contributed by atoms with E-state index in [1.165, 1.54) is 0 Å². The molecule has 4 rings (SSSR count). The van der Waals surface area contributed by atoms with Gasteiger partial charge in [-0.3, -0.25) is 9.78 Å². The Balaban J connectivity index is 1.58. The van der Waals surface area contributed by atoms with Crippen LogP contribution >= 0.6 is 0 Å². The van der Waals surface area contributed by atoms with Crippen molar-refractivity contribution in [1.29, 1.82) is 0 Å². The average Bonchev–Trinajstić information content (AvgIpc) is 3.34. The van der Waals surface area contributed by atoms with Crippen LogP contribution in [0.2, 0.25) is 0 Å². The SMILES string of the molecule is CC(=O)N1CCCC1c1cnc(C)c(Nc2ncn(-c3ccccc3)n2)c1. The number of para-hydroxylation sites is 1. The quantitative estimate of drug-likeness (QED) is 0.770. The molecule has 0 bridgehead atoms. The van der Waals surface area contributed by atoms with Gasteiger partial charge in [-0.1, -0.05) is 18.2 Å². The first-order chi connectivity index (χ1) is 13.1. The highest BCUT2D eigenvalue weighted by Crippen LogP contribution is 2.33. The van der Waals surface area contributed by atoms with Crippen LogP contribution in [0.25, 0.3) is 5.69 Å². The number of carbonyl (C=O) groups excluding carboxylic acids is 1. The molecule has 0 aliphatic carbocycles. The molecule has 27 heavy (non-hydrogen) atoms. The number of hydrogen-bond donors (Lipinski definition) is 1. The molecule has 1 aliphatic heterocycles. The Hall–Kier alpha value is -3.22. The Morgan fingerprint density at radius 2 is 2.04 bits per heavy atom. The lowest BCUT2D eigenvalue weighted by atomic mass is 10.1. The maximum Gasteiger partial charge on any atom is 0.247 e. The third-order valence-corrected chi connectivity index (χ3v) is 4.91. The van der Waals surface area contributed by atoms with Gasteiger partial charge in [0.25, 0.3) is 0 Å². The molecule has 3 heterocycles. The van der Waals surface area contributed by atoms with Gasteiger partial charge in [-0.2, -0.15) is 4.98 Å². The van der Waals surface area contributed by atoms with Crippen molar-refractivity contribution in [2.45, 2.75) is 32.7 Å². The van der Waals surface area contributed by atoms with Gasteiger partial charge in [0, 0.05) is 19.7 Å². The summed E-state index contributed by atoms with van der Waals surface area (Å²) in [5.74, 6) is 0.617. The number of hydrogen-bond acceptors (Lipinski definition) is 5. The van der Waals surface area contributed by atoms with Gasteiger partial charge < -0.3 is 10.2 Å². The van der Waals surface area contributed by atoms with Gasteiger partial charge in [0.2, 0.25) is 11.9 Å². The van der Waals surface area contributed by atoms with Crippen LogP contribution in [-0.2, 0) is 4.79 Å². The van der Waals surface area contributed by atoms with Crippen molar-refractivity contribution in [1.82, 2.24) is 24.6 Å². The lowest BCUT2D eigenvalue weighted by Gasteiger charge is -2.24. The van der Waals surface area contributed by atoms with Gasteiger partial charge >= 0.3 is 0 Å². The normalized spacial score (nSPS) is 16.5. The van der Waals surface area contributed by atoms with Crippen molar-refractivity contribution < 1.29 is 4.79 Å². The van der Waals surface area contributed by atoms with Gasteiger partial charge in [-0.15, -0.1) is 5.10 Å². The maximum absolute atomic E-state index is 11.9. The van der Waals surface area contributed by atoms with Crippen molar-refractivity contribution in [3.63, 3.8) is 0 Å². The highest BCUT2D eigenvalue weighted by molar-refractivity contribution is 5.74. The van der Waals surface area contributed by atoms with Gasteiger partial charge in [0.15, 0.2) is 0 Å². The third kappa shape index (κ3) is 3.53. The lowest BCUT2D eigenvalue weighted by Crippen LogP contribution is -2.28. The van der Waals surface area contributed by atoms with E-state index >= 15 is 0 Å². The Labute approximate surface area is 158 Å². The number of carbonyl (C=O) groups is 1. The molecule has 1 fully saturated rings. The summed E-state index contributed by atoms with van der Waals surface area (Å²) in [5, 5.41) is 7.75. The van der Waals surface area contributed by atoms with Crippen LogP contribution in [0.3, 0.4) is 0 Å². The Morgan fingerprint density at radius 1 is 1.22 bits per heavy atom. The minimum Gasteiger partial charge on any atom is -0.336 e. The van der Waals surface area contributed by atoms with Crippen LogP contribution in [-0.4, -0.2) is 37.1 Å². The van der Waals surface area contributed by atoms with Gasteiger partial charge in [-0.25, -0.2) is 4.68 Å². The molecule has 138 valence electrons. The molecule has 1 N–H and O–H groups in total. The summed E-state index contributed by atoms with van der Waals surface area (Å²) < 4.78 is 1.73. The molecule has 0 spiro atoms. The van der Waals surface area contributed by atoms with Crippen LogP contribution < -0.4 is 5.32 Å². The first kappa shape index (κ1) is 17.2. The molecule has 0 radical (unpaired) electrons. The molecule has 1 unspecified atom stereocenters. The molecule has 7 nitrogen and oxygen atoms in total. The molecule has 2 aromatic heterocycles. The number of likely N-dealkylation sites (tertiary alicyclic amines) is 1. The second kappa shape index (κ2) is 7.19.